The Kier molecular flexibility index (Phi) is 6.19. The summed E-state index contributed by atoms with van der Waals surface area (Å²) >= 11 is 0. The van der Waals surface area contributed by atoms with Gasteiger partial charge < -0.3 is 14.5 Å². The van der Waals surface area contributed by atoms with Crippen LogP contribution >= 0.6 is 0 Å². The van der Waals surface area contributed by atoms with Gasteiger partial charge in [-0.3, -0.25) is 4.79 Å². The topological polar surface area (TPSA) is 66.9 Å². The van der Waals surface area contributed by atoms with E-state index in [1.807, 2.05) is 24.3 Å². The van der Waals surface area contributed by atoms with Crippen molar-refractivity contribution in [1.29, 1.82) is 0 Å². The van der Waals surface area contributed by atoms with Crippen LogP contribution in [0.25, 0.3) is 0 Å². The Morgan fingerprint density at radius 1 is 1.23 bits per heavy atom. The summed E-state index contributed by atoms with van der Waals surface area (Å²) in [6.07, 6.45) is 2.40. The predicted octanol–water partition coefficient (Wildman–Crippen LogP) is 1.95. The maximum atomic E-state index is 13.0. The van der Waals surface area contributed by atoms with Gasteiger partial charge in [-0.2, -0.15) is 0 Å². The average Bonchev–Trinajstić information content (AvgIpc) is 3.02. The van der Waals surface area contributed by atoms with E-state index in [4.69, 9.17) is 4.74 Å². The molecule has 2 fully saturated rings. The zero-order chi connectivity index (χ0) is 18.6. The molecule has 3 rings (SSSR count). The monoisotopic (exact) mass is 380 g/mol. The number of amides is 1. The molecule has 0 aromatic heterocycles. The average molecular weight is 381 g/mol. The summed E-state index contributed by atoms with van der Waals surface area (Å²) in [5, 5.41) is 0. The lowest BCUT2D eigenvalue weighted by atomic mass is 10.1. The van der Waals surface area contributed by atoms with Crippen LogP contribution in [-0.2, 0) is 14.6 Å². The van der Waals surface area contributed by atoms with Gasteiger partial charge in [0.05, 0.1) is 24.7 Å². The second kappa shape index (κ2) is 8.39. The fourth-order valence-electron chi connectivity index (χ4n) is 3.60. The van der Waals surface area contributed by atoms with Crippen molar-refractivity contribution in [3.63, 3.8) is 0 Å². The van der Waals surface area contributed by atoms with Gasteiger partial charge in [-0.05, 0) is 37.1 Å². The van der Waals surface area contributed by atoms with Crippen LogP contribution in [0.4, 0.5) is 5.69 Å². The molecule has 1 unspecified atom stereocenters. The number of carbonyl (C=O) groups excluding carboxylic acids is 1. The Balaban J connectivity index is 1.73. The van der Waals surface area contributed by atoms with Crippen LogP contribution in [0.3, 0.4) is 0 Å². The number of hydrogen-bond acceptors (Lipinski definition) is 5. The normalized spacial score (nSPS) is 22.3. The molecule has 1 aromatic carbocycles. The third kappa shape index (κ3) is 4.57. The van der Waals surface area contributed by atoms with Crippen molar-refractivity contribution in [3.8, 4) is 0 Å². The minimum atomic E-state index is -3.01. The number of benzene rings is 1. The van der Waals surface area contributed by atoms with Gasteiger partial charge in [-0.25, -0.2) is 8.42 Å². The highest BCUT2D eigenvalue weighted by atomic mass is 32.2. The summed E-state index contributed by atoms with van der Waals surface area (Å²) in [4.78, 5) is 17.1. The molecule has 1 aromatic rings. The lowest BCUT2D eigenvalue weighted by molar-refractivity contribution is 0.0694. The number of sulfone groups is 1. The van der Waals surface area contributed by atoms with E-state index in [0.717, 1.165) is 44.8 Å². The maximum absolute atomic E-state index is 13.0. The molecule has 7 heteroatoms. The Morgan fingerprint density at radius 3 is 2.50 bits per heavy atom. The predicted molar refractivity (Wildman–Crippen MR) is 102 cm³/mol. The van der Waals surface area contributed by atoms with Crippen molar-refractivity contribution >= 4 is 21.4 Å². The molecule has 0 bridgehead atoms. The van der Waals surface area contributed by atoms with Gasteiger partial charge in [0.1, 0.15) is 0 Å². The molecule has 26 heavy (non-hydrogen) atoms. The summed E-state index contributed by atoms with van der Waals surface area (Å²) in [6.45, 7) is 5.85. The zero-order valence-electron chi connectivity index (χ0n) is 15.4. The Hall–Kier alpha value is -1.60. The van der Waals surface area contributed by atoms with Crippen molar-refractivity contribution in [2.45, 2.75) is 32.2 Å². The molecule has 2 aliphatic rings. The first-order chi connectivity index (χ1) is 12.5. The molecule has 1 atom stereocenters. The molecule has 2 heterocycles. The SMILES string of the molecule is CCCCN(C(=O)c1ccc(N2CCOCC2)cc1)C1CCS(=O)(=O)C1. The van der Waals surface area contributed by atoms with Crippen LogP contribution in [0.1, 0.15) is 36.5 Å². The number of rotatable bonds is 6. The van der Waals surface area contributed by atoms with Crippen molar-refractivity contribution in [2.75, 3.05) is 49.3 Å². The molecule has 1 amide bonds. The first-order valence-electron chi connectivity index (χ1n) is 9.44. The molecule has 0 radical (unpaired) electrons. The van der Waals surface area contributed by atoms with E-state index in [0.29, 0.717) is 18.5 Å². The van der Waals surface area contributed by atoms with Crippen molar-refractivity contribution in [3.05, 3.63) is 29.8 Å². The minimum absolute atomic E-state index is 0.0610. The Bertz CT molecular complexity index is 712. The second-order valence-corrected chi connectivity index (χ2v) is 9.28. The maximum Gasteiger partial charge on any atom is 0.254 e. The molecule has 0 saturated carbocycles. The van der Waals surface area contributed by atoms with Gasteiger partial charge in [0.15, 0.2) is 9.84 Å². The van der Waals surface area contributed by atoms with Crippen LogP contribution in [0.2, 0.25) is 0 Å². The van der Waals surface area contributed by atoms with E-state index >= 15 is 0 Å². The van der Waals surface area contributed by atoms with Crippen molar-refractivity contribution in [1.82, 2.24) is 4.90 Å². The second-order valence-electron chi connectivity index (χ2n) is 7.06. The van der Waals surface area contributed by atoms with Gasteiger partial charge in [0.2, 0.25) is 0 Å². The lowest BCUT2D eigenvalue weighted by Gasteiger charge is -2.30. The molecule has 144 valence electrons. The summed E-state index contributed by atoms with van der Waals surface area (Å²) in [5.74, 6) is 0.215. The largest absolute Gasteiger partial charge is 0.378 e. The first kappa shape index (κ1) is 19.2. The number of unbranched alkanes of at least 4 members (excludes halogenated alkanes) is 1. The summed E-state index contributed by atoms with van der Waals surface area (Å²) in [7, 11) is -3.01. The molecule has 0 N–H and O–H groups in total. The van der Waals surface area contributed by atoms with E-state index in [2.05, 4.69) is 11.8 Å². The van der Waals surface area contributed by atoms with E-state index < -0.39 is 9.84 Å². The van der Waals surface area contributed by atoms with Crippen LogP contribution in [0.5, 0.6) is 0 Å². The number of morpholine rings is 1. The van der Waals surface area contributed by atoms with Crippen LogP contribution in [0, 0.1) is 0 Å². The number of hydrogen-bond donors (Lipinski definition) is 0. The molecular weight excluding hydrogens is 352 g/mol. The van der Waals surface area contributed by atoms with Crippen LogP contribution in [0.15, 0.2) is 24.3 Å². The van der Waals surface area contributed by atoms with Crippen LogP contribution in [-0.4, -0.2) is 69.6 Å². The van der Waals surface area contributed by atoms with Gasteiger partial charge in [-0.1, -0.05) is 13.3 Å². The third-order valence-electron chi connectivity index (χ3n) is 5.15. The first-order valence-corrected chi connectivity index (χ1v) is 11.3. The molecular formula is C19H28N2O4S. The standard InChI is InChI=1S/C19H28N2O4S/c1-2-3-9-21(18-8-14-26(23,24)15-18)19(22)16-4-6-17(7-5-16)20-10-12-25-13-11-20/h4-7,18H,2-3,8-15H2,1H3. The molecule has 2 aliphatic heterocycles. The minimum Gasteiger partial charge on any atom is -0.378 e. The molecule has 0 aliphatic carbocycles. The summed E-state index contributed by atoms with van der Waals surface area (Å²) in [6, 6.07) is 7.47. The number of carbonyl (C=O) groups is 1. The summed E-state index contributed by atoms with van der Waals surface area (Å²) in [5.41, 5.74) is 1.72. The molecule has 6 nitrogen and oxygen atoms in total. The van der Waals surface area contributed by atoms with Gasteiger partial charge in [0, 0.05) is 36.9 Å². The molecule has 0 spiro atoms. The van der Waals surface area contributed by atoms with E-state index in [9.17, 15) is 13.2 Å². The number of ether oxygens (including phenoxy) is 1. The zero-order valence-corrected chi connectivity index (χ0v) is 16.2. The number of anilines is 1. The fraction of sp³-hybridized carbons (Fsp3) is 0.632. The fourth-order valence-corrected chi connectivity index (χ4v) is 5.33. The van der Waals surface area contributed by atoms with Gasteiger partial charge >= 0.3 is 0 Å². The van der Waals surface area contributed by atoms with E-state index in [1.165, 1.54) is 0 Å². The summed E-state index contributed by atoms with van der Waals surface area (Å²) < 4.78 is 29.1. The highest BCUT2D eigenvalue weighted by Gasteiger charge is 2.34. The van der Waals surface area contributed by atoms with Gasteiger partial charge in [0.25, 0.3) is 5.91 Å². The van der Waals surface area contributed by atoms with Crippen LogP contribution < -0.4 is 4.90 Å². The van der Waals surface area contributed by atoms with Crippen molar-refractivity contribution in [2.24, 2.45) is 0 Å². The van der Waals surface area contributed by atoms with Gasteiger partial charge in [-0.15, -0.1) is 0 Å². The quantitative estimate of drug-likeness (QED) is 0.755. The highest BCUT2D eigenvalue weighted by molar-refractivity contribution is 7.91. The third-order valence-corrected chi connectivity index (χ3v) is 6.90. The lowest BCUT2D eigenvalue weighted by Crippen LogP contribution is -2.41. The van der Waals surface area contributed by atoms with E-state index in [1.54, 1.807) is 4.90 Å². The van der Waals surface area contributed by atoms with Crippen molar-refractivity contribution < 1.29 is 17.9 Å². The highest BCUT2D eigenvalue weighted by Crippen LogP contribution is 2.22. The molecule has 2 saturated heterocycles. The van der Waals surface area contributed by atoms with E-state index in [-0.39, 0.29) is 23.5 Å². The Labute approximate surface area is 156 Å². The Morgan fingerprint density at radius 2 is 1.92 bits per heavy atom. The smallest absolute Gasteiger partial charge is 0.254 e. The number of nitrogens with zero attached hydrogens (tertiary/aromatic N) is 2.